The molecule has 3 aromatic rings. The van der Waals surface area contributed by atoms with Gasteiger partial charge in [0.25, 0.3) is 0 Å². The molecule has 0 aliphatic heterocycles. The van der Waals surface area contributed by atoms with E-state index in [1.54, 1.807) is 12.1 Å². The first-order chi connectivity index (χ1) is 10.8. The van der Waals surface area contributed by atoms with E-state index in [2.05, 4.69) is 35.6 Å². The van der Waals surface area contributed by atoms with Crippen LogP contribution in [0.5, 0.6) is 0 Å². The molecule has 22 heavy (non-hydrogen) atoms. The minimum Gasteiger partial charge on any atom is -0.392 e. The number of hydrogen-bond donors (Lipinski definition) is 2. The van der Waals surface area contributed by atoms with Crippen LogP contribution in [-0.4, -0.2) is 5.11 Å². The predicted octanol–water partition coefficient (Wildman–Crippen LogP) is 3.76. The van der Waals surface area contributed by atoms with Crippen molar-refractivity contribution in [2.45, 2.75) is 19.7 Å². The standard InChI is InChI=1S/C19H18FNO/c20-19-9-8-14(10-17(19)13-22)11-21-12-16-6-3-5-15-4-1-2-7-18(15)16/h1-10,21-22H,11-13H2. The number of hydrogen-bond acceptors (Lipinski definition) is 2. The maximum atomic E-state index is 13.4. The summed E-state index contributed by atoms with van der Waals surface area (Å²) in [4.78, 5) is 0. The molecule has 2 nitrogen and oxygen atoms in total. The van der Waals surface area contributed by atoms with Crippen LogP contribution in [0.1, 0.15) is 16.7 Å². The molecule has 0 unspecified atom stereocenters. The van der Waals surface area contributed by atoms with Crippen molar-refractivity contribution >= 4 is 10.8 Å². The minimum atomic E-state index is -0.361. The Morgan fingerprint density at radius 3 is 2.55 bits per heavy atom. The first-order valence-electron chi connectivity index (χ1n) is 7.33. The molecule has 0 aliphatic carbocycles. The zero-order valence-electron chi connectivity index (χ0n) is 12.2. The van der Waals surface area contributed by atoms with Crippen LogP contribution in [0.15, 0.2) is 60.7 Å². The van der Waals surface area contributed by atoms with E-state index in [1.165, 1.54) is 22.4 Å². The fraction of sp³-hybridized carbons (Fsp3) is 0.158. The van der Waals surface area contributed by atoms with Crippen LogP contribution in [0.3, 0.4) is 0 Å². The highest BCUT2D eigenvalue weighted by molar-refractivity contribution is 5.85. The summed E-state index contributed by atoms with van der Waals surface area (Å²) >= 11 is 0. The lowest BCUT2D eigenvalue weighted by atomic mass is 10.0. The molecule has 0 fully saturated rings. The average Bonchev–Trinajstić information content (AvgIpc) is 2.56. The molecular weight excluding hydrogens is 277 g/mol. The Morgan fingerprint density at radius 2 is 1.68 bits per heavy atom. The molecule has 0 saturated heterocycles. The van der Waals surface area contributed by atoms with Gasteiger partial charge in [-0.1, -0.05) is 48.5 Å². The third-order valence-electron chi connectivity index (χ3n) is 3.80. The summed E-state index contributed by atoms with van der Waals surface area (Å²) in [6.45, 7) is 1.10. The zero-order valence-corrected chi connectivity index (χ0v) is 12.2. The molecule has 0 spiro atoms. The Bertz CT molecular complexity index is 780. The molecule has 2 N–H and O–H groups in total. The van der Waals surface area contributed by atoms with Crippen molar-refractivity contribution in [3.8, 4) is 0 Å². The summed E-state index contributed by atoms with van der Waals surface area (Å²) in [6, 6.07) is 19.4. The van der Waals surface area contributed by atoms with Crippen LogP contribution in [0.25, 0.3) is 10.8 Å². The van der Waals surface area contributed by atoms with E-state index in [1.807, 2.05) is 12.1 Å². The van der Waals surface area contributed by atoms with Crippen LogP contribution in [-0.2, 0) is 19.7 Å². The molecule has 3 aromatic carbocycles. The third-order valence-corrected chi connectivity index (χ3v) is 3.80. The maximum absolute atomic E-state index is 13.4. The Balaban J connectivity index is 1.70. The van der Waals surface area contributed by atoms with E-state index in [9.17, 15) is 4.39 Å². The molecular formula is C19H18FNO. The highest BCUT2D eigenvalue weighted by Crippen LogP contribution is 2.18. The van der Waals surface area contributed by atoms with Gasteiger partial charge in [-0.25, -0.2) is 4.39 Å². The minimum absolute atomic E-state index is 0.275. The van der Waals surface area contributed by atoms with Gasteiger partial charge in [-0.05, 0) is 34.0 Å². The molecule has 0 radical (unpaired) electrons. The monoisotopic (exact) mass is 295 g/mol. The summed E-state index contributed by atoms with van der Waals surface area (Å²) in [5.41, 5.74) is 2.54. The summed E-state index contributed by atoms with van der Waals surface area (Å²) in [5.74, 6) is -0.361. The van der Waals surface area contributed by atoms with Crippen molar-refractivity contribution in [1.82, 2.24) is 5.32 Å². The van der Waals surface area contributed by atoms with E-state index in [-0.39, 0.29) is 12.4 Å². The van der Waals surface area contributed by atoms with Gasteiger partial charge in [-0.15, -0.1) is 0 Å². The van der Waals surface area contributed by atoms with Gasteiger partial charge in [0.05, 0.1) is 6.61 Å². The maximum Gasteiger partial charge on any atom is 0.128 e. The van der Waals surface area contributed by atoms with Crippen LogP contribution < -0.4 is 5.32 Å². The number of nitrogens with one attached hydrogen (secondary N) is 1. The molecule has 0 aromatic heterocycles. The van der Waals surface area contributed by atoms with Gasteiger partial charge in [0.1, 0.15) is 5.82 Å². The van der Waals surface area contributed by atoms with Crippen LogP contribution in [0, 0.1) is 5.82 Å². The topological polar surface area (TPSA) is 32.3 Å². The first-order valence-corrected chi connectivity index (χ1v) is 7.33. The van der Waals surface area contributed by atoms with E-state index in [0.717, 1.165) is 12.1 Å². The number of fused-ring (bicyclic) bond motifs is 1. The molecule has 0 saturated carbocycles. The lowest BCUT2D eigenvalue weighted by molar-refractivity contribution is 0.275. The summed E-state index contributed by atoms with van der Waals surface area (Å²) in [7, 11) is 0. The zero-order chi connectivity index (χ0) is 15.4. The number of benzene rings is 3. The Kier molecular flexibility index (Phi) is 4.47. The largest absolute Gasteiger partial charge is 0.392 e. The SMILES string of the molecule is OCc1cc(CNCc2cccc3ccccc23)ccc1F. The van der Waals surface area contributed by atoms with E-state index >= 15 is 0 Å². The highest BCUT2D eigenvalue weighted by atomic mass is 19.1. The lowest BCUT2D eigenvalue weighted by Gasteiger charge is -2.09. The van der Waals surface area contributed by atoms with Gasteiger partial charge >= 0.3 is 0 Å². The van der Waals surface area contributed by atoms with Crippen LogP contribution in [0.2, 0.25) is 0 Å². The summed E-state index contributed by atoms with van der Waals surface area (Å²) in [6.07, 6.45) is 0. The van der Waals surface area contributed by atoms with Crippen LogP contribution >= 0.6 is 0 Å². The summed E-state index contributed by atoms with van der Waals surface area (Å²) in [5, 5.41) is 15.0. The molecule has 3 rings (SSSR count). The molecule has 3 heteroatoms. The van der Waals surface area contributed by atoms with Crippen LogP contribution in [0.4, 0.5) is 4.39 Å². The molecule has 0 aliphatic rings. The Morgan fingerprint density at radius 1 is 0.864 bits per heavy atom. The van der Waals surface area contributed by atoms with Gasteiger partial charge in [0.2, 0.25) is 0 Å². The van der Waals surface area contributed by atoms with Gasteiger partial charge in [-0.3, -0.25) is 0 Å². The van der Waals surface area contributed by atoms with Gasteiger partial charge < -0.3 is 10.4 Å². The molecule has 0 atom stereocenters. The highest BCUT2D eigenvalue weighted by Gasteiger charge is 2.03. The number of rotatable bonds is 5. The van der Waals surface area contributed by atoms with E-state index in [4.69, 9.17) is 5.11 Å². The normalized spacial score (nSPS) is 11.0. The number of halogens is 1. The predicted molar refractivity (Wildman–Crippen MR) is 86.8 cm³/mol. The quantitative estimate of drug-likeness (QED) is 0.751. The smallest absolute Gasteiger partial charge is 0.128 e. The number of aliphatic hydroxyl groups is 1. The van der Waals surface area contributed by atoms with Crippen molar-refractivity contribution < 1.29 is 9.50 Å². The third kappa shape index (κ3) is 3.16. The lowest BCUT2D eigenvalue weighted by Crippen LogP contribution is -2.13. The molecule has 0 bridgehead atoms. The van der Waals surface area contributed by atoms with E-state index < -0.39 is 0 Å². The molecule has 112 valence electrons. The fourth-order valence-corrected chi connectivity index (χ4v) is 2.65. The molecule has 0 amide bonds. The van der Waals surface area contributed by atoms with Gasteiger partial charge in [0, 0.05) is 18.7 Å². The van der Waals surface area contributed by atoms with Gasteiger partial charge in [-0.2, -0.15) is 0 Å². The van der Waals surface area contributed by atoms with Crippen molar-refractivity contribution in [3.05, 3.63) is 83.2 Å². The second-order valence-electron chi connectivity index (χ2n) is 5.33. The Hall–Kier alpha value is -2.23. The number of aliphatic hydroxyl groups excluding tert-OH is 1. The average molecular weight is 295 g/mol. The van der Waals surface area contributed by atoms with Crippen molar-refractivity contribution in [2.24, 2.45) is 0 Å². The molecule has 0 heterocycles. The second-order valence-corrected chi connectivity index (χ2v) is 5.33. The van der Waals surface area contributed by atoms with Crippen molar-refractivity contribution in [2.75, 3.05) is 0 Å². The summed E-state index contributed by atoms with van der Waals surface area (Å²) < 4.78 is 13.4. The first kappa shape index (κ1) is 14.7. The van der Waals surface area contributed by atoms with Gasteiger partial charge in [0.15, 0.2) is 0 Å². The fourth-order valence-electron chi connectivity index (χ4n) is 2.65. The second kappa shape index (κ2) is 6.69. The Labute approximate surface area is 129 Å². The van der Waals surface area contributed by atoms with E-state index in [0.29, 0.717) is 12.1 Å². The van der Waals surface area contributed by atoms with Crippen molar-refractivity contribution in [1.29, 1.82) is 0 Å². The van der Waals surface area contributed by atoms with Crippen molar-refractivity contribution in [3.63, 3.8) is 0 Å².